The van der Waals surface area contributed by atoms with Crippen molar-refractivity contribution in [3.63, 3.8) is 0 Å². The van der Waals surface area contributed by atoms with Crippen molar-refractivity contribution in [2.75, 3.05) is 26.9 Å². The van der Waals surface area contributed by atoms with E-state index in [1.807, 2.05) is 24.3 Å². The minimum atomic E-state index is -1.33. The molecule has 2 atom stereocenters. The van der Waals surface area contributed by atoms with Crippen LogP contribution in [0, 0.1) is 5.92 Å². The van der Waals surface area contributed by atoms with Crippen LogP contribution in [-0.4, -0.2) is 66.4 Å². The van der Waals surface area contributed by atoms with Gasteiger partial charge >= 0.3 is 12.1 Å². The molecule has 1 saturated heterocycles. The molecule has 8 heteroatoms. The minimum Gasteiger partial charge on any atom is -0.480 e. The summed E-state index contributed by atoms with van der Waals surface area (Å²) in [6, 6.07) is 16.0. The number of amides is 2. The minimum absolute atomic E-state index is 0.0351. The van der Waals surface area contributed by atoms with Crippen LogP contribution in [0.1, 0.15) is 43.7 Å². The quantitative estimate of drug-likeness (QED) is 0.627. The molecule has 2 aromatic rings. The fraction of sp³-hybridized carbons (Fsp3) is 0.444. The number of rotatable bonds is 7. The SMILES string of the molecule is CN(C(=O)CC1COCCC1NC(=O)OCC1c2ccccc2-c2ccccc21)C(C)(C)C(=O)O. The molecule has 2 unspecified atom stereocenters. The van der Waals surface area contributed by atoms with Gasteiger partial charge in [0.2, 0.25) is 5.91 Å². The zero-order valence-corrected chi connectivity index (χ0v) is 20.3. The summed E-state index contributed by atoms with van der Waals surface area (Å²) in [5, 5.41) is 12.3. The highest BCUT2D eigenvalue weighted by Crippen LogP contribution is 2.44. The normalized spacial score (nSPS) is 19.4. The van der Waals surface area contributed by atoms with Crippen molar-refractivity contribution in [3.05, 3.63) is 59.7 Å². The van der Waals surface area contributed by atoms with Gasteiger partial charge in [-0.3, -0.25) is 4.79 Å². The first-order chi connectivity index (χ1) is 16.7. The van der Waals surface area contributed by atoms with E-state index in [2.05, 4.69) is 29.6 Å². The lowest BCUT2D eigenvalue weighted by molar-refractivity contribution is -0.156. The lowest BCUT2D eigenvalue weighted by atomic mass is 9.91. The van der Waals surface area contributed by atoms with Crippen molar-refractivity contribution in [1.29, 1.82) is 0 Å². The molecule has 2 aromatic carbocycles. The van der Waals surface area contributed by atoms with Crippen LogP contribution in [-0.2, 0) is 19.1 Å². The molecule has 1 heterocycles. The Bertz CT molecular complexity index is 1070. The highest BCUT2D eigenvalue weighted by molar-refractivity contribution is 5.86. The van der Waals surface area contributed by atoms with Gasteiger partial charge in [-0.15, -0.1) is 0 Å². The lowest BCUT2D eigenvalue weighted by Crippen LogP contribution is -2.53. The monoisotopic (exact) mass is 480 g/mol. The molecule has 0 saturated carbocycles. The van der Waals surface area contributed by atoms with Crippen LogP contribution < -0.4 is 5.32 Å². The molecule has 2 amide bonds. The molecule has 0 spiro atoms. The molecule has 1 aliphatic heterocycles. The number of fused-ring (bicyclic) bond motifs is 3. The number of likely N-dealkylation sites (N-methyl/N-ethyl adjacent to an activating group) is 1. The predicted octanol–water partition coefficient (Wildman–Crippen LogP) is 3.64. The summed E-state index contributed by atoms with van der Waals surface area (Å²) in [5.41, 5.74) is 3.27. The van der Waals surface area contributed by atoms with Crippen LogP contribution in [0.25, 0.3) is 11.1 Å². The Morgan fingerprint density at radius 2 is 1.69 bits per heavy atom. The zero-order chi connectivity index (χ0) is 25.2. The fourth-order valence-corrected chi connectivity index (χ4v) is 4.80. The van der Waals surface area contributed by atoms with Gasteiger partial charge in [0.25, 0.3) is 0 Å². The first kappa shape index (κ1) is 24.7. The van der Waals surface area contributed by atoms with Crippen LogP contribution in [0.15, 0.2) is 48.5 Å². The van der Waals surface area contributed by atoms with Crippen LogP contribution >= 0.6 is 0 Å². The maximum absolute atomic E-state index is 12.8. The van der Waals surface area contributed by atoms with Crippen LogP contribution in [0.4, 0.5) is 4.79 Å². The Hall–Kier alpha value is -3.39. The summed E-state index contributed by atoms with van der Waals surface area (Å²) in [4.78, 5) is 38.3. The lowest BCUT2D eigenvalue weighted by Gasteiger charge is -2.36. The van der Waals surface area contributed by atoms with Crippen LogP contribution in [0.2, 0.25) is 0 Å². The Morgan fingerprint density at radius 3 is 2.29 bits per heavy atom. The van der Waals surface area contributed by atoms with Crippen molar-refractivity contribution >= 4 is 18.0 Å². The smallest absolute Gasteiger partial charge is 0.407 e. The second kappa shape index (κ2) is 10.1. The third kappa shape index (κ3) is 5.03. The number of carboxylic acid groups (broad SMARTS) is 1. The molecule has 0 radical (unpaired) electrons. The Morgan fingerprint density at radius 1 is 1.09 bits per heavy atom. The number of aliphatic carboxylic acids is 1. The van der Waals surface area contributed by atoms with Gasteiger partial charge in [0.05, 0.1) is 6.61 Å². The van der Waals surface area contributed by atoms with Crippen molar-refractivity contribution in [3.8, 4) is 11.1 Å². The zero-order valence-electron chi connectivity index (χ0n) is 20.3. The van der Waals surface area contributed by atoms with Gasteiger partial charge < -0.3 is 24.8 Å². The van der Waals surface area contributed by atoms with E-state index >= 15 is 0 Å². The first-order valence-electron chi connectivity index (χ1n) is 11.9. The molecule has 0 bridgehead atoms. The highest BCUT2D eigenvalue weighted by atomic mass is 16.5. The van der Waals surface area contributed by atoms with Crippen molar-refractivity contribution < 1.29 is 29.0 Å². The molecule has 2 aliphatic rings. The van der Waals surface area contributed by atoms with Gasteiger partial charge in [-0.1, -0.05) is 48.5 Å². The van der Waals surface area contributed by atoms with Gasteiger partial charge in [-0.05, 0) is 42.5 Å². The summed E-state index contributed by atoms with van der Waals surface area (Å²) in [7, 11) is 1.48. The van der Waals surface area contributed by atoms with Gasteiger partial charge in [-0.25, -0.2) is 9.59 Å². The summed E-state index contributed by atoms with van der Waals surface area (Å²) in [5.74, 6) is -1.70. The summed E-state index contributed by atoms with van der Waals surface area (Å²) in [6.45, 7) is 3.95. The number of ether oxygens (including phenoxy) is 2. The van der Waals surface area contributed by atoms with E-state index in [9.17, 15) is 19.5 Å². The number of nitrogens with zero attached hydrogens (tertiary/aromatic N) is 1. The van der Waals surface area contributed by atoms with Crippen LogP contribution in [0.3, 0.4) is 0 Å². The molecule has 8 nitrogen and oxygen atoms in total. The molecular weight excluding hydrogens is 448 g/mol. The number of carboxylic acids is 1. The van der Waals surface area contributed by atoms with E-state index < -0.39 is 17.6 Å². The number of nitrogens with one attached hydrogen (secondary N) is 1. The van der Waals surface area contributed by atoms with Gasteiger partial charge in [0.1, 0.15) is 12.1 Å². The Kier molecular flexibility index (Phi) is 7.12. The first-order valence-corrected chi connectivity index (χ1v) is 11.9. The van der Waals surface area contributed by atoms with E-state index in [4.69, 9.17) is 9.47 Å². The third-order valence-electron chi connectivity index (χ3n) is 7.29. The number of benzene rings is 2. The van der Waals surface area contributed by atoms with E-state index in [1.54, 1.807) is 0 Å². The van der Waals surface area contributed by atoms with Gasteiger partial charge in [-0.2, -0.15) is 0 Å². The second-order valence-electron chi connectivity index (χ2n) is 9.72. The predicted molar refractivity (Wildman–Crippen MR) is 130 cm³/mol. The Labute approximate surface area is 205 Å². The maximum Gasteiger partial charge on any atom is 0.407 e. The second-order valence-corrected chi connectivity index (χ2v) is 9.72. The molecular formula is C27H32N2O6. The number of hydrogen-bond donors (Lipinski definition) is 2. The molecule has 2 N–H and O–H groups in total. The van der Waals surface area contributed by atoms with Crippen molar-refractivity contribution in [2.24, 2.45) is 5.92 Å². The van der Waals surface area contributed by atoms with Crippen molar-refractivity contribution in [2.45, 2.75) is 44.2 Å². The fourth-order valence-electron chi connectivity index (χ4n) is 4.80. The van der Waals surface area contributed by atoms with Gasteiger partial charge in [0.15, 0.2) is 0 Å². The van der Waals surface area contributed by atoms with E-state index in [0.29, 0.717) is 19.6 Å². The summed E-state index contributed by atoms with van der Waals surface area (Å²) >= 11 is 0. The van der Waals surface area contributed by atoms with E-state index in [1.165, 1.54) is 25.8 Å². The average molecular weight is 481 g/mol. The molecule has 0 aromatic heterocycles. The third-order valence-corrected chi connectivity index (χ3v) is 7.29. The van der Waals surface area contributed by atoms with Crippen molar-refractivity contribution in [1.82, 2.24) is 10.2 Å². The van der Waals surface area contributed by atoms with Gasteiger partial charge in [0, 0.05) is 38.0 Å². The average Bonchev–Trinajstić information content (AvgIpc) is 3.17. The molecule has 4 rings (SSSR count). The standard InChI is InChI=1S/C27H32N2O6/c1-27(2,25(31)32)29(3)24(30)14-17-15-34-13-12-23(17)28-26(33)35-16-22-20-10-6-4-8-18(20)19-9-5-7-11-21(19)22/h4-11,17,22-23H,12-16H2,1-3H3,(H,28,33)(H,31,32). The topological polar surface area (TPSA) is 105 Å². The van der Waals surface area contributed by atoms with E-state index in [0.717, 1.165) is 22.3 Å². The summed E-state index contributed by atoms with van der Waals surface area (Å²) < 4.78 is 11.2. The molecule has 1 fully saturated rings. The molecule has 186 valence electrons. The Balaban J connectivity index is 1.38. The number of carbonyl (C=O) groups is 3. The molecule has 1 aliphatic carbocycles. The van der Waals surface area contributed by atoms with E-state index in [-0.39, 0.29) is 36.8 Å². The number of carbonyl (C=O) groups excluding carboxylic acids is 2. The summed E-state index contributed by atoms with van der Waals surface area (Å²) in [6.07, 6.45) is 0.0887. The van der Waals surface area contributed by atoms with Crippen LogP contribution in [0.5, 0.6) is 0 Å². The number of hydrogen-bond acceptors (Lipinski definition) is 5. The maximum atomic E-state index is 12.8. The molecule has 35 heavy (non-hydrogen) atoms. The number of alkyl carbamates (subject to hydrolysis) is 1. The largest absolute Gasteiger partial charge is 0.480 e. The highest BCUT2D eigenvalue weighted by Gasteiger charge is 2.38.